The number of sulfonamides is 1. The number of carbonyl (C=O) groups is 3. The average Bonchev–Trinajstić information content (AvgIpc) is 3.01. The van der Waals surface area contributed by atoms with Crippen molar-refractivity contribution in [3.05, 3.63) is 59.2 Å². The molecule has 0 saturated heterocycles. The molecule has 0 aromatic heterocycles. The molecule has 2 amide bonds. The van der Waals surface area contributed by atoms with Crippen molar-refractivity contribution in [1.29, 1.82) is 0 Å². The molecule has 0 fully saturated rings. The highest BCUT2D eigenvalue weighted by Gasteiger charge is 2.42. The van der Waals surface area contributed by atoms with Crippen LogP contribution >= 0.6 is 0 Å². The molecule has 7 nitrogen and oxygen atoms in total. The number of nitrogens with one attached hydrogen (secondary N) is 1. The summed E-state index contributed by atoms with van der Waals surface area (Å²) in [4.78, 5) is 36.6. The number of ketones is 1. The van der Waals surface area contributed by atoms with Gasteiger partial charge in [0.15, 0.2) is 5.78 Å². The van der Waals surface area contributed by atoms with E-state index in [0.717, 1.165) is 0 Å². The topological polar surface area (TPSA) is 101 Å². The summed E-state index contributed by atoms with van der Waals surface area (Å²) in [6.45, 7) is 1.14. The van der Waals surface area contributed by atoms with E-state index in [2.05, 4.69) is 5.32 Å². The smallest absolute Gasteiger partial charge is 0.269 e. The van der Waals surface area contributed by atoms with Gasteiger partial charge < -0.3 is 5.32 Å². The van der Waals surface area contributed by atoms with Gasteiger partial charge in [0.1, 0.15) is 11.4 Å². The zero-order valence-corrected chi connectivity index (χ0v) is 14.5. The Balaban J connectivity index is 1.64. The number of rotatable bonds is 3. The zero-order valence-electron chi connectivity index (χ0n) is 13.7. The summed E-state index contributed by atoms with van der Waals surface area (Å²) in [5, 5.41) is 2.71. The normalized spacial score (nSPS) is 19.9. The van der Waals surface area contributed by atoms with Gasteiger partial charge in [0.2, 0.25) is 5.91 Å². The van der Waals surface area contributed by atoms with E-state index < -0.39 is 28.3 Å². The summed E-state index contributed by atoms with van der Waals surface area (Å²) in [7, 11) is -4.03. The van der Waals surface area contributed by atoms with Crippen molar-refractivity contribution in [2.45, 2.75) is 17.7 Å². The van der Waals surface area contributed by atoms with E-state index in [1.807, 2.05) is 0 Å². The lowest BCUT2D eigenvalue weighted by atomic mass is 9.99. The number of hydrogen-bond acceptors (Lipinski definition) is 5. The predicted octanol–water partition coefficient (Wildman–Crippen LogP) is 1.77. The lowest BCUT2D eigenvalue weighted by molar-refractivity contribution is -0.116. The second kappa shape index (κ2) is 5.50. The third-order valence-corrected chi connectivity index (χ3v) is 6.48. The molecule has 132 valence electrons. The van der Waals surface area contributed by atoms with Gasteiger partial charge in [-0.15, -0.1) is 0 Å². The summed E-state index contributed by atoms with van der Waals surface area (Å²) in [5.74, 6) is -1.76. The van der Waals surface area contributed by atoms with Gasteiger partial charge in [-0.2, -0.15) is 0 Å². The molecular weight excluding hydrogens is 356 g/mol. The highest BCUT2D eigenvalue weighted by molar-refractivity contribution is 7.90. The molecule has 8 heteroatoms. The number of nitrogens with zero attached hydrogens (tertiary/aromatic N) is 1. The van der Waals surface area contributed by atoms with Crippen LogP contribution in [0.2, 0.25) is 0 Å². The van der Waals surface area contributed by atoms with Gasteiger partial charge in [-0.25, -0.2) is 12.7 Å². The number of carbonyl (C=O) groups excluding carboxylic acids is 3. The van der Waals surface area contributed by atoms with Gasteiger partial charge in [-0.3, -0.25) is 14.4 Å². The highest BCUT2D eigenvalue weighted by atomic mass is 32.2. The SMILES string of the molecule is C[C@@H]1C(=O)Nc2ccc(C(=O)CN3C(=O)c4ccccc4S3(=O)=O)cc21. The number of amides is 2. The minimum Gasteiger partial charge on any atom is -0.325 e. The lowest BCUT2D eigenvalue weighted by Gasteiger charge is -2.14. The number of benzene rings is 2. The van der Waals surface area contributed by atoms with Crippen LogP contribution in [0.1, 0.15) is 39.1 Å². The number of Topliss-reactive ketones (excluding diaryl/α,β-unsaturated/α-hetero) is 1. The third-order valence-electron chi connectivity index (χ3n) is 4.69. The molecule has 2 aromatic carbocycles. The molecule has 0 radical (unpaired) electrons. The molecule has 0 bridgehead atoms. The standard InChI is InChI=1S/C18H14N2O5S/c1-10-13-8-11(6-7-14(13)19-17(10)22)15(21)9-20-18(23)12-4-2-3-5-16(12)26(20,24)25/h2-8,10H,9H2,1H3,(H,19,22)/t10-/m0/s1. The van der Waals surface area contributed by atoms with Crippen molar-refractivity contribution in [2.24, 2.45) is 0 Å². The van der Waals surface area contributed by atoms with Crippen molar-refractivity contribution >= 4 is 33.3 Å². The van der Waals surface area contributed by atoms with Crippen LogP contribution in [0.3, 0.4) is 0 Å². The molecular formula is C18H14N2O5S. The van der Waals surface area contributed by atoms with Crippen LogP contribution in [-0.4, -0.2) is 36.9 Å². The first-order chi connectivity index (χ1) is 12.3. The molecule has 1 N–H and O–H groups in total. The quantitative estimate of drug-likeness (QED) is 0.830. The Morgan fingerprint density at radius 3 is 2.62 bits per heavy atom. The van der Waals surface area contributed by atoms with Crippen LogP contribution in [0, 0.1) is 0 Å². The van der Waals surface area contributed by atoms with Gasteiger partial charge in [-0.05, 0) is 42.8 Å². The van der Waals surface area contributed by atoms with Crippen LogP contribution in [0.15, 0.2) is 47.4 Å². The first kappa shape index (κ1) is 16.5. The summed E-state index contributed by atoms with van der Waals surface area (Å²) >= 11 is 0. The van der Waals surface area contributed by atoms with E-state index in [9.17, 15) is 22.8 Å². The molecule has 0 unspecified atom stereocenters. The Bertz CT molecular complexity index is 1090. The molecule has 0 aliphatic carbocycles. The van der Waals surface area contributed by atoms with Crippen LogP contribution in [0.5, 0.6) is 0 Å². The molecule has 0 saturated carbocycles. The fourth-order valence-corrected chi connectivity index (χ4v) is 4.72. The summed E-state index contributed by atoms with van der Waals surface area (Å²) < 4.78 is 25.7. The molecule has 4 rings (SSSR count). The monoisotopic (exact) mass is 370 g/mol. The van der Waals surface area contributed by atoms with Crippen molar-refractivity contribution in [2.75, 3.05) is 11.9 Å². The average molecular weight is 370 g/mol. The largest absolute Gasteiger partial charge is 0.325 e. The Kier molecular flexibility index (Phi) is 3.48. The minimum atomic E-state index is -4.03. The van der Waals surface area contributed by atoms with Gasteiger partial charge in [0.25, 0.3) is 15.9 Å². The van der Waals surface area contributed by atoms with E-state index in [-0.39, 0.29) is 27.8 Å². The molecule has 26 heavy (non-hydrogen) atoms. The summed E-state index contributed by atoms with van der Waals surface area (Å²) in [6, 6.07) is 10.6. The summed E-state index contributed by atoms with van der Waals surface area (Å²) in [5.41, 5.74) is 1.64. The first-order valence-electron chi connectivity index (χ1n) is 7.95. The second-order valence-corrected chi connectivity index (χ2v) is 8.08. The van der Waals surface area contributed by atoms with Gasteiger partial charge in [0.05, 0.1) is 11.5 Å². The molecule has 1 atom stereocenters. The maximum atomic E-state index is 12.6. The van der Waals surface area contributed by atoms with E-state index in [4.69, 9.17) is 0 Å². The number of anilines is 1. The van der Waals surface area contributed by atoms with Gasteiger partial charge >= 0.3 is 0 Å². The highest BCUT2D eigenvalue weighted by Crippen LogP contribution is 2.33. The molecule has 2 heterocycles. The van der Waals surface area contributed by atoms with Crippen molar-refractivity contribution < 1.29 is 22.8 Å². The Morgan fingerprint density at radius 2 is 1.88 bits per heavy atom. The minimum absolute atomic E-state index is 0.0673. The maximum absolute atomic E-state index is 12.6. The van der Waals surface area contributed by atoms with Crippen LogP contribution in [0.25, 0.3) is 0 Å². The van der Waals surface area contributed by atoms with E-state index in [0.29, 0.717) is 15.6 Å². The van der Waals surface area contributed by atoms with Crippen LogP contribution in [-0.2, 0) is 14.8 Å². The van der Waals surface area contributed by atoms with Crippen molar-refractivity contribution in [3.8, 4) is 0 Å². The second-order valence-electron chi connectivity index (χ2n) is 6.25. The van der Waals surface area contributed by atoms with E-state index in [1.54, 1.807) is 25.1 Å². The van der Waals surface area contributed by atoms with Gasteiger partial charge in [0, 0.05) is 11.3 Å². The third kappa shape index (κ3) is 2.26. The Hall–Kier alpha value is -3.00. The van der Waals surface area contributed by atoms with E-state index >= 15 is 0 Å². The van der Waals surface area contributed by atoms with Crippen molar-refractivity contribution in [1.82, 2.24) is 4.31 Å². The fourth-order valence-electron chi connectivity index (χ4n) is 3.20. The fraction of sp³-hybridized carbons (Fsp3) is 0.167. The molecule has 2 aromatic rings. The molecule has 2 aliphatic heterocycles. The lowest BCUT2D eigenvalue weighted by Crippen LogP contribution is -2.35. The Morgan fingerprint density at radius 1 is 1.15 bits per heavy atom. The number of fused-ring (bicyclic) bond motifs is 2. The Labute approximate surface area is 149 Å². The molecule has 2 aliphatic rings. The predicted molar refractivity (Wildman–Crippen MR) is 92.5 cm³/mol. The first-order valence-corrected chi connectivity index (χ1v) is 9.39. The van der Waals surface area contributed by atoms with Crippen molar-refractivity contribution in [3.63, 3.8) is 0 Å². The summed E-state index contributed by atoms with van der Waals surface area (Å²) in [6.07, 6.45) is 0. The van der Waals surface area contributed by atoms with Gasteiger partial charge in [-0.1, -0.05) is 12.1 Å². The van der Waals surface area contributed by atoms with E-state index in [1.165, 1.54) is 24.3 Å². The maximum Gasteiger partial charge on any atom is 0.269 e. The van der Waals surface area contributed by atoms with Crippen LogP contribution < -0.4 is 5.32 Å². The van der Waals surface area contributed by atoms with Crippen LogP contribution in [0.4, 0.5) is 5.69 Å². The zero-order chi connectivity index (χ0) is 18.6. The number of hydrogen-bond donors (Lipinski definition) is 1. The molecule has 0 spiro atoms.